The largest absolute Gasteiger partial charge is 0.486 e. The highest BCUT2D eigenvalue weighted by Gasteiger charge is 2.13. The lowest BCUT2D eigenvalue weighted by atomic mass is 9.87. The molecule has 0 saturated carbocycles. The van der Waals surface area contributed by atoms with E-state index < -0.39 is 0 Å². The predicted molar refractivity (Wildman–Crippen MR) is 108 cm³/mol. The van der Waals surface area contributed by atoms with Gasteiger partial charge in [0.1, 0.15) is 13.2 Å². The van der Waals surface area contributed by atoms with Crippen LogP contribution < -0.4 is 9.47 Å². The van der Waals surface area contributed by atoms with E-state index in [9.17, 15) is 0 Å². The minimum atomic E-state index is 0.200. The molecule has 2 aromatic carbocycles. The first-order valence-corrected chi connectivity index (χ1v) is 9.26. The number of hydrogen-bond donors (Lipinski definition) is 0. The normalized spacial score (nSPS) is 14.2. The average molecular weight is 351 g/mol. The number of fused-ring (bicyclic) bond motifs is 1. The van der Waals surface area contributed by atoms with E-state index in [1.807, 2.05) is 6.07 Å². The van der Waals surface area contributed by atoms with E-state index in [0.29, 0.717) is 13.2 Å². The van der Waals surface area contributed by atoms with E-state index in [1.54, 1.807) is 0 Å². The molecule has 0 unspecified atom stereocenters. The zero-order valence-corrected chi connectivity index (χ0v) is 16.3. The van der Waals surface area contributed by atoms with Crippen LogP contribution in [0, 0.1) is 0 Å². The zero-order valence-electron chi connectivity index (χ0n) is 16.3. The van der Waals surface area contributed by atoms with Gasteiger partial charge >= 0.3 is 0 Å². The fourth-order valence-electron chi connectivity index (χ4n) is 3.03. The molecule has 3 heteroatoms. The van der Waals surface area contributed by atoms with Crippen molar-refractivity contribution in [3.05, 3.63) is 65.2 Å². The van der Waals surface area contributed by atoms with Gasteiger partial charge in [0.25, 0.3) is 0 Å². The lowest BCUT2D eigenvalue weighted by Crippen LogP contribution is -2.19. The molecule has 0 aliphatic carbocycles. The molecule has 0 radical (unpaired) electrons. The molecule has 3 nitrogen and oxygen atoms in total. The van der Waals surface area contributed by atoms with Gasteiger partial charge in [-0.1, -0.05) is 63.3 Å². The Morgan fingerprint density at radius 3 is 2.35 bits per heavy atom. The van der Waals surface area contributed by atoms with Gasteiger partial charge < -0.3 is 9.47 Å². The summed E-state index contributed by atoms with van der Waals surface area (Å²) in [4.78, 5) is 2.28. The average Bonchev–Trinajstić information content (AvgIpc) is 2.61. The Hall–Kier alpha value is -2.26. The van der Waals surface area contributed by atoms with Crippen LogP contribution in [0.15, 0.2) is 48.5 Å². The summed E-state index contributed by atoms with van der Waals surface area (Å²) in [7, 11) is 2.13. The number of ether oxygens (including phenoxy) is 2. The zero-order chi connectivity index (χ0) is 18.6. The van der Waals surface area contributed by atoms with Crippen LogP contribution in [0.5, 0.6) is 11.5 Å². The highest BCUT2D eigenvalue weighted by Crippen LogP contribution is 2.31. The van der Waals surface area contributed by atoms with Crippen LogP contribution in [0.4, 0.5) is 0 Å². The smallest absolute Gasteiger partial charge is 0.161 e. The number of benzene rings is 2. The van der Waals surface area contributed by atoms with Gasteiger partial charge in [-0.15, -0.1) is 0 Å². The minimum absolute atomic E-state index is 0.200. The number of nitrogens with zero attached hydrogens (tertiary/aromatic N) is 1. The van der Waals surface area contributed by atoms with E-state index in [4.69, 9.17) is 9.47 Å². The molecule has 3 rings (SSSR count). The minimum Gasteiger partial charge on any atom is -0.486 e. The Labute approximate surface area is 157 Å². The second kappa shape index (κ2) is 7.96. The third-order valence-corrected chi connectivity index (χ3v) is 4.56. The Balaban J connectivity index is 1.53. The van der Waals surface area contributed by atoms with Crippen molar-refractivity contribution >= 4 is 6.08 Å². The summed E-state index contributed by atoms with van der Waals surface area (Å²) in [6, 6.07) is 15.0. The summed E-state index contributed by atoms with van der Waals surface area (Å²) >= 11 is 0. The molecule has 1 heterocycles. The van der Waals surface area contributed by atoms with Gasteiger partial charge in [-0.3, -0.25) is 4.90 Å². The summed E-state index contributed by atoms with van der Waals surface area (Å²) < 4.78 is 11.2. The Morgan fingerprint density at radius 1 is 0.962 bits per heavy atom. The van der Waals surface area contributed by atoms with Gasteiger partial charge in [0.2, 0.25) is 0 Å². The summed E-state index contributed by atoms with van der Waals surface area (Å²) in [5.41, 5.74) is 4.04. The van der Waals surface area contributed by atoms with Crippen LogP contribution in [0.1, 0.15) is 37.5 Å². The third-order valence-electron chi connectivity index (χ3n) is 4.56. The highest BCUT2D eigenvalue weighted by molar-refractivity contribution is 5.50. The second-order valence-corrected chi connectivity index (χ2v) is 7.95. The van der Waals surface area contributed by atoms with Crippen molar-refractivity contribution in [1.82, 2.24) is 4.90 Å². The molecule has 1 aliphatic heterocycles. The van der Waals surface area contributed by atoms with E-state index >= 15 is 0 Å². The van der Waals surface area contributed by atoms with Gasteiger partial charge in [-0.05, 0) is 41.3 Å². The molecular weight excluding hydrogens is 322 g/mol. The van der Waals surface area contributed by atoms with Crippen molar-refractivity contribution < 1.29 is 9.47 Å². The molecule has 2 aromatic rings. The molecule has 0 aromatic heterocycles. The van der Waals surface area contributed by atoms with Crippen LogP contribution in [-0.2, 0) is 12.0 Å². The SMILES string of the molecule is CN(CC=Cc1ccc(C(C)(C)C)cc1)Cc1ccc2c(c1)OCCO2. The fraction of sp³-hybridized carbons (Fsp3) is 0.391. The molecule has 0 N–H and O–H groups in total. The highest BCUT2D eigenvalue weighted by atomic mass is 16.6. The van der Waals surface area contributed by atoms with Crippen molar-refractivity contribution in [2.75, 3.05) is 26.8 Å². The van der Waals surface area contributed by atoms with Crippen molar-refractivity contribution in [3.8, 4) is 11.5 Å². The molecule has 0 saturated heterocycles. The topological polar surface area (TPSA) is 21.7 Å². The summed E-state index contributed by atoms with van der Waals surface area (Å²) in [5, 5.41) is 0. The maximum atomic E-state index is 5.66. The van der Waals surface area contributed by atoms with Gasteiger partial charge in [-0.25, -0.2) is 0 Å². The standard InChI is InChI=1S/C23H29NO2/c1-23(2,3)20-10-7-18(8-11-20)6-5-13-24(4)17-19-9-12-21-22(16-19)26-15-14-25-21/h5-12,16H,13-15,17H2,1-4H3. The maximum absolute atomic E-state index is 5.66. The molecule has 138 valence electrons. The maximum Gasteiger partial charge on any atom is 0.161 e. The van der Waals surface area contributed by atoms with Crippen LogP contribution >= 0.6 is 0 Å². The summed E-state index contributed by atoms with van der Waals surface area (Å²) in [6.45, 7) is 9.76. The quantitative estimate of drug-likeness (QED) is 0.765. The van der Waals surface area contributed by atoms with Crippen molar-refractivity contribution in [2.24, 2.45) is 0 Å². The van der Waals surface area contributed by atoms with Crippen molar-refractivity contribution in [3.63, 3.8) is 0 Å². The number of hydrogen-bond acceptors (Lipinski definition) is 3. The van der Waals surface area contributed by atoms with Crippen molar-refractivity contribution in [2.45, 2.75) is 32.7 Å². The first-order valence-electron chi connectivity index (χ1n) is 9.26. The van der Waals surface area contributed by atoms with E-state index in [0.717, 1.165) is 24.6 Å². The molecule has 0 bridgehead atoms. The van der Waals surface area contributed by atoms with Gasteiger partial charge in [0, 0.05) is 13.1 Å². The number of rotatable bonds is 5. The Bertz CT molecular complexity index is 757. The van der Waals surface area contributed by atoms with Crippen LogP contribution in [0.2, 0.25) is 0 Å². The van der Waals surface area contributed by atoms with Crippen molar-refractivity contribution in [1.29, 1.82) is 0 Å². The molecule has 1 aliphatic rings. The van der Waals surface area contributed by atoms with E-state index in [-0.39, 0.29) is 5.41 Å². The molecule has 26 heavy (non-hydrogen) atoms. The summed E-state index contributed by atoms with van der Waals surface area (Å²) in [6.07, 6.45) is 4.40. The molecule has 0 atom stereocenters. The fourth-order valence-corrected chi connectivity index (χ4v) is 3.03. The Kier molecular flexibility index (Phi) is 5.67. The molecule has 0 spiro atoms. The van der Waals surface area contributed by atoms with E-state index in [1.165, 1.54) is 16.7 Å². The second-order valence-electron chi connectivity index (χ2n) is 7.95. The molecular formula is C23H29NO2. The first kappa shape index (κ1) is 18.5. The van der Waals surface area contributed by atoms with Crippen LogP contribution in [0.25, 0.3) is 6.08 Å². The molecule has 0 amide bonds. The Morgan fingerprint density at radius 2 is 1.65 bits per heavy atom. The van der Waals surface area contributed by atoms with Gasteiger partial charge in [-0.2, -0.15) is 0 Å². The summed E-state index contributed by atoms with van der Waals surface area (Å²) in [5.74, 6) is 1.71. The molecule has 0 fully saturated rings. The lowest BCUT2D eigenvalue weighted by molar-refractivity contribution is 0.171. The lowest BCUT2D eigenvalue weighted by Gasteiger charge is -2.20. The predicted octanol–water partition coefficient (Wildman–Crippen LogP) is 4.90. The van der Waals surface area contributed by atoms with Crippen LogP contribution in [-0.4, -0.2) is 31.7 Å². The van der Waals surface area contributed by atoms with E-state index in [2.05, 4.69) is 81.3 Å². The van der Waals surface area contributed by atoms with Gasteiger partial charge in [0.15, 0.2) is 11.5 Å². The van der Waals surface area contributed by atoms with Crippen LogP contribution in [0.3, 0.4) is 0 Å². The third kappa shape index (κ3) is 4.89. The monoisotopic (exact) mass is 351 g/mol. The van der Waals surface area contributed by atoms with Gasteiger partial charge in [0.05, 0.1) is 0 Å². The number of likely N-dealkylation sites (N-methyl/N-ethyl adjacent to an activating group) is 1. The first-order chi connectivity index (χ1) is 12.4.